The summed E-state index contributed by atoms with van der Waals surface area (Å²) in [5.74, 6) is 0.759. The Kier molecular flexibility index (Phi) is 9.16. The van der Waals surface area contributed by atoms with E-state index in [0.717, 1.165) is 23.3 Å². The summed E-state index contributed by atoms with van der Waals surface area (Å²) in [7, 11) is 0. The van der Waals surface area contributed by atoms with Crippen LogP contribution in [0.5, 0.6) is 11.8 Å². The number of carbonyl (C=O) groups is 1. The molecule has 0 fully saturated rings. The average Bonchev–Trinajstić information content (AvgIpc) is 2.99. The molecule has 0 radical (unpaired) electrons. The highest BCUT2D eigenvalue weighted by atomic mass is 35.5. The van der Waals surface area contributed by atoms with E-state index in [1.807, 2.05) is 0 Å². The van der Waals surface area contributed by atoms with E-state index >= 15 is 0 Å². The van der Waals surface area contributed by atoms with Gasteiger partial charge in [-0.1, -0.05) is 54.1 Å². The molecule has 0 aliphatic heterocycles. The first-order valence-corrected chi connectivity index (χ1v) is 13.9. The van der Waals surface area contributed by atoms with E-state index < -0.39 is 23.9 Å². The van der Waals surface area contributed by atoms with E-state index in [0.29, 0.717) is 39.7 Å². The van der Waals surface area contributed by atoms with Crippen molar-refractivity contribution in [1.29, 1.82) is 0 Å². The number of amides is 2. The Labute approximate surface area is 260 Å². The summed E-state index contributed by atoms with van der Waals surface area (Å²) in [6.07, 6.45) is -0.821. The first-order chi connectivity index (χ1) is 21.4. The Balaban J connectivity index is 1.28. The van der Waals surface area contributed by atoms with Crippen LogP contribution in [-0.4, -0.2) is 32.2 Å². The van der Waals surface area contributed by atoms with Crippen molar-refractivity contribution in [3.05, 3.63) is 108 Å². The monoisotopic (exact) mass is 634 g/mol. The van der Waals surface area contributed by atoms with Crippen molar-refractivity contribution in [3.63, 3.8) is 0 Å². The maximum Gasteiger partial charge on any atom is 0.416 e. The van der Waals surface area contributed by atoms with Gasteiger partial charge >= 0.3 is 18.2 Å². The molecule has 5 aromatic rings. The Bertz CT molecular complexity index is 1820. The predicted molar refractivity (Wildman–Crippen MR) is 166 cm³/mol. The lowest BCUT2D eigenvalue weighted by atomic mass is 9.98. The van der Waals surface area contributed by atoms with Crippen molar-refractivity contribution in [2.75, 3.05) is 16.4 Å². The van der Waals surface area contributed by atoms with Gasteiger partial charge in [-0.05, 0) is 60.4 Å². The summed E-state index contributed by atoms with van der Waals surface area (Å²) in [4.78, 5) is 25.1. The minimum absolute atomic E-state index is 0.00473. The van der Waals surface area contributed by atoms with Crippen LogP contribution in [0.15, 0.2) is 91.4 Å². The number of nitrogens with two attached hydrogens (primary N) is 1. The number of hydrogen-bond acceptors (Lipinski definition) is 7. The zero-order valence-electron chi connectivity index (χ0n) is 23.6. The SMILES string of the molecule is CC(O)Cc1cccc(-c2ccc(C(F)(F)F)cc2NC(=O)Nc2cnc(Oc3ccc(-c4cc(Cl)cnc4N)cc3)nc2)c1. The lowest BCUT2D eigenvalue weighted by Gasteiger charge is -2.16. The van der Waals surface area contributed by atoms with Gasteiger partial charge in [0.05, 0.1) is 40.5 Å². The molecule has 0 spiro atoms. The number of pyridine rings is 1. The molecule has 0 saturated carbocycles. The van der Waals surface area contributed by atoms with Gasteiger partial charge in [-0.3, -0.25) is 0 Å². The topological polar surface area (TPSA) is 135 Å². The number of urea groups is 1. The number of nitrogen functional groups attached to an aromatic ring is 1. The van der Waals surface area contributed by atoms with E-state index in [2.05, 4.69) is 25.6 Å². The zero-order valence-corrected chi connectivity index (χ0v) is 24.4. The fraction of sp³-hybridized carbons (Fsp3) is 0.125. The summed E-state index contributed by atoms with van der Waals surface area (Å²) in [5.41, 5.74) is 8.30. The van der Waals surface area contributed by atoms with Crippen LogP contribution in [0, 0.1) is 0 Å². The van der Waals surface area contributed by atoms with Crippen molar-refractivity contribution < 1.29 is 27.8 Å². The molecule has 9 nitrogen and oxygen atoms in total. The van der Waals surface area contributed by atoms with Gasteiger partial charge in [0.2, 0.25) is 0 Å². The van der Waals surface area contributed by atoms with Gasteiger partial charge in [0.1, 0.15) is 11.6 Å². The molecule has 3 aromatic carbocycles. The number of ether oxygens (including phenoxy) is 1. The number of aliphatic hydroxyl groups is 1. The third kappa shape index (κ3) is 8.05. The summed E-state index contributed by atoms with van der Waals surface area (Å²) in [5, 5.41) is 15.2. The first-order valence-electron chi connectivity index (χ1n) is 13.5. The number of benzene rings is 3. The van der Waals surface area contributed by atoms with E-state index in [1.165, 1.54) is 24.7 Å². The minimum Gasteiger partial charge on any atom is -0.424 e. The van der Waals surface area contributed by atoms with Gasteiger partial charge in [0.25, 0.3) is 0 Å². The molecule has 2 amide bonds. The van der Waals surface area contributed by atoms with E-state index in [1.54, 1.807) is 61.5 Å². The number of alkyl halides is 3. The van der Waals surface area contributed by atoms with Crippen LogP contribution in [0.1, 0.15) is 18.1 Å². The number of nitrogens with one attached hydrogen (secondary N) is 2. The predicted octanol–water partition coefficient (Wildman–Crippen LogP) is 7.82. The maximum atomic E-state index is 13.5. The molecule has 1 unspecified atom stereocenters. The van der Waals surface area contributed by atoms with E-state index in [9.17, 15) is 23.1 Å². The molecule has 0 saturated heterocycles. The van der Waals surface area contributed by atoms with Crippen molar-refractivity contribution in [3.8, 4) is 34.0 Å². The number of nitrogens with zero attached hydrogens (tertiary/aromatic N) is 3. The van der Waals surface area contributed by atoms with Gasteiger partial charge < -0.3 is 26.2 Å². The summed E-state index contributed by atoms with van der Waals surface area (Å²) in [6, 6.07) is 17.9. The van der Waals surface area contributed by atoms with Crippen LogP contribution in [0.3, 0.4) is 0 Å². The van der Waals surface area contributed by atoms with Gasteiger partial charge in [-0.25, -0.2) is 19.7 Å². The third-order valence-electron chi connectivity index (χ3n) is 6.51. The van der Waals surface area contributed by atoms with E-state index in [4.69, 9.17) is 22.1 Å². The molecule has 2 aromatic heterocycles. The molecule has 0 bridgehead atoms. The second kappa shape index (κ2) is 13.2. The number of aromatic nitrogens is 3. The van der Waals surface area contributed by atoms with Crippen LogP contribution >= 0.6 is 11.6 Å². The fourth-order valence-corrected chi connectivity index (χ4v) is 4.65. The van der Waals surface area contributed by atoms with Gasteiger partial charge in [-0.15, -0.1) is 0 Å². The molecule has 0 aliphatic rings. The van der Waals surface area contributed by atoms with Gasteiger partial charge in [-0.2, -0.15) is 13.2 Å². The van der Waals surface area contributed by atoms with Crippen molar-refractivity contribution in [2.45, 2.75) is 25.6 Å². The highest BCUT2D eigenvalue weighted by Gasteiger charge is 2.31. The van der Waals surface area contributed by atoms with Gasteiger partial charge in [0.15, 0.2) is 0 Å². The summed E-state index contributed by atoms with van der Waals surface area (Å²) >= 11 is 6.03. The molecule has 2 heterocycles. The molecule has 5 N–H and O–H groups in total. The largest absolute Gasteiger partial charge is 0.424 e. The Hall–Kier alpha value is -5.20. The normalized spacial score (nSPS) is 12.0. The van der Waals surface area contributed by atoms with Crippen molar-refractivity contribution in [1.82, 2.24) is 15.0 Å². The molecule has 1 atom stereocenters. The van der Waals surface area contributed by atoms with Gasteiger partial charge in [0, 0.05) is 17.3 Å². The molecule has 230 valence electrons. The summed E-state index contributed by atoms with van der Waals surface area (Å²) < 4.78 is 46.2. The molecule has 0 aliphatic carbocycles. The van der Waals surface area contributed by atoms with Crippen molar-refractivity contribution >= 4 is 34.8 Å². The summed E-state index contributed by atoms with van der Waals surface area (Å²) in [6.45, 7) is 1.64. The second-order valence-electron chi connectivity index (χ2n) is 10.1. The second-order valence-corrected chi connectivity index (χ2v) is 10.5. The lowest BCUT2D eigenvalue weighted by molar-refractivity contribution is -0.137. The quantitative estimate of drug-likeness (QED) is 0.137. The van der Waals surface area contributed by atoms with Crippen molar-refractivity contribution in [2.24, 2.45) is 0 Å². The molecule has 5 rings (SSSR count). The van der Waals surface area contributed by atoms with E-state index in [-0.39, 0.29) is 17.4 Å². The number of anilines is 3. The first kappa shape index (κ1) is 31.2. The highest BCUT2D eigenvalue weighted by molar-refractivity contribution is 6.30. The third-order valence-corrected chi connectivity index (χ3v) is 6.72. The Morgan fingerprint density at radius 2 is 1.67 bits per heavy atom. The Morgan fingerprint density at radius 1 is 0.933 bits per heavy atom. The fourth-order valence-electron chi connectivity index (χ4n) is 4.49. The smallest absolute Gasteiger partial charge is 0.416 e. The number of hydrogen-bond donors (Lipinski definition) is 4. The van der Waals surface area contributed by atoms with Crippen LogP contribution in [0.4, 0.5) is 35.2 Å². The zero-order chi connectivity index (χ0) is 32.1. The van der Waals surface area contributed by atoms with Crippen LogP contribution in [-0.2, 0) is 12.6 Å². The number of rotatable bonds is 8. The molecule has 45 heavy (non-hydrogen) atoms. The number of aliphatic hydroxyl groups excluding tert-OH is 1. The van der Waals surface area contributed by atoms with Crippen LogP contribution in [0.25, 0.3) is 22.3 Å². The number of carbonyl (C=O) groups excluding carboxylic acids is 1. The molecule has 13 heteroatoms. The standard InChI is InChI=1S/C32H26ClF3N6O3/c1-18(43)11-19-3-2-4-21(12-19)26-10-7-22(32(34,35)36)13-28(26)42-30(44)41-24-16-39-31(40-17-24)45-25-8-5-20(6-9-25)27-14-23(33)15-38-29(27)37/h2-10,12-18,43H,11H2,1H3,(H2,37,38)(H2,41,42,44). The Morgan fingerprint density at radius 3 is 2.36 bits per heavy atom. The molecular weight excluding hydrogens is 609 g/mol. The minimum atomic E-state index is -4.62. The van der Waals surface area contributed by atoms with Crippen LogP contribution in [0.2, 0.25) is 5.02 Å². The van der Waals surface area contributed by atoms with Crippen LogP contribution < -0.4 is 21.1 Å². The number of halogens is 4. The highest BCUT2D eigenvalue weighted by Crippen LogP contribution is 2.36. The molecular formula is C32H26ClF3N6O3. The lowest BCUT2D eigenvalue weighted by Crippen LogP contribution is -2.20. The average molecular weight is 635 g/mol. The maximum absolute atomic E-state index is 13.5.